The van der Waals surface area contributed by atoms with E-state index in [0.29, 0.717) is 0 Å². The van der Waals surface area contributed by atoms with Crippen molar-refractivity contribution in [1.82, 2.24) is 4.90 Å². The van der Waals surface area contributed by atoms with Crippen molar-refractivity contribution in [3.05, 3.63) is 11.8 Å². The molecule has 0 saturated heterocycles. The van der Waals surface area contributed by atoms with E-state index in [2.05, 4.69) is 24.9 Å². The number of unbranched alkanes of at least 4 members (excludes halogenated alkanes) is 19. The number of hydrogen-bond donors (Lipinski definition) is 0. The fourth-order valence-corrected chi connectivity index (χ4v) is 4.75. The molecule has 0 aromatic heterocycles. The van der Waals surface area contributed by atoms with Gasteiger partial charge in [-0.2, -0.15) is 0 Å². The summed E-state index contributed by atoms with van der Waals surface area (Å²) in [5, 5.41) is 0. The molecule has 0 aromatic rings. The van der Waals surface area contributed by atoms with Crippen molar-refractivity contribution >= 4 is 0 Å². The Labute approximate surface area is 185 Å². The average Bonchev–Trinajstić information content (AvgIpc) is 2.72. The normalized spacial score (nSPS) is 14.4. The van der Waals surface area contributed by atoms with Gasteiger partial charge in [0.15, 0.2) is 0 Å². The highest BCUT2D eigenvalue weighted by Crippen LogP contribution is 2.16. The molecule has 1 aliphatic heterocycles. The predicted octanol–water partition coefficient (Wildman–Crippen LogP) is 9.81. The van der Waals surface area contributed by atoms with Crippen molar-refractivity contribution < 1.29 is 0 Å². The molecule has 1 heterocycles. The molecule has 0 unspecified atom stereocenters. The highest BCUT2D eigenvalue weighted by Gasteiger charge is 2.06. The van der Waals surface area contributed by atoms with Crippen LogP contribution in [-0.2, 0) is 0 Å². The largest absolute Gasteiger partial charge is 0.377 e. The van der Waals surface area contributed by atoms with E-state index in [9.17, 15) is 0 Å². The number of nitrogens with zero attached hydrogens (tertiary/aromatic N) is 1. The van der Waals surface area contributed by atoms with E-state index in [1.807, 2.05) is 0 Å². The van der Waals surface area contributed by atoms with Crippen LogP contribution in [0, 0.1) is 0 Å². The molecule has 0 atom stereocenters. The molecule has 0 fully saturated rings. The van der Waals surface area contributed by atoms with E-state index in [-0.39, 0.29) is 0 Å². The molecular weight excluding hydrogens is 350 g/mol. The van der Waals surface area contributed by atoms with Crippen LogP contribution in [-0.4, -0.2) is 18.0 Å². The van der Waals surface area contributed by atoms with Crippen molar-refractivity contribution in [2.24, 2.45) is 0 Å². The maximum absolute atomic E-state index is 2.55. The molecule has 29 heavy (non-hydrogen) atoms. The Morgan fingerprint density at radius 2 is 0.966 bits per heavy atom. The highest BCUT2D eigenvalue weighted by atomic mass is 15.1. The van der Waals surface area contributed by atoms with Crippen LogP contribution in [0.2, 0.25) is 0 Å². The van der Waals surface area contributed by atoms with Crippen LogP contribution in [0.25, 0.3) is 0 Å². The number of rotatable bonds is 21. The second-order valence-corrected chi connectivity index (χ2v) is 9.83. The summed E-state index contributed by atoms with van der Waals surface area (Å²) in [7, 11) is 0. The van der Waals surface area contributed by atoms with Crippen LogP contribution in [0.4, 0.5) is 0 Å². The smallest absolute Gasteiger partial charge is 0.0175 e. The van der Waals surface area contributed by atoms with E-state index in [1.54, 1.807) is 5.57 Å². The van der Waals surface area contributed by atoms with Crippen LogP contribution in [0.5, 0.6) is 0 Å². The lowest BCUT2D eigenvalue weighted by atomic mass is 10.0. The number of allylic oxidation sites excluding steroid dienone is 1. The highest BCUT2D eigenvalue weighted by molar-refractivity contribution is 5.00. The zero-order valence-corrected chi connectivity index (χ0v) is 20.5. The Hall–Kier alpha value is -0.460. The van der Waals surface area contributed by atoms with Crippen LogP contribution in [0.1, 0.15) is 155 Å². The summed E-state index contributed by atoms with van der Waals surface area (Å²) < 4.78 is 0. The third kappa shape index (κ3) is 18.1. The second kappa shape index (κ2) is 20.8. The van der Waals surface area contributed by atoms with Gasteiger partial charge in [-0.1, -0.05) is 134 Å². The summed E-state index contributed by atoms with van der Waals surface area (Å²) >= 11 is 0. The maximum Gasteiger partial charge on any atom is 0.0175 e. The minimum absolute atomic E-state index is 1.29. The molecule has 0 N–H and O–H groups in total. The van der Waals surface area contributed by atoms with E-state index in [1.165, 1.54) is 154 Å². The van der Waals surface area contributed by atoms with E-state index >= 15 is 0 Å². The van der Waals surface area contributed by atoms with Gasteiger partial charge in [-0.15, -0.1) is 0 Å². The van der Waals surface area contributed by atoms with Crippen LogP contribution < -0.4 is 0 Å². The maximum atomic E-state index is 2.55. The van der Waals surface area contributed by atoms with Crippen LogP contribution in [0.3, 0.4) is 0 Å². The fraction of sp³-hybridized carbons (Fsp3) is 0.929. The number of hydrogen-bond acceptors (Lipinski definition) is 1. The Morgan fingerprint density at radius 1 is 0.586 bits per heavy atom. The SMILES string of the molecule is CCCCCCCCCCCCCCCCCCCCCCN1C=C(C)CCC1. The molecular formula is C28H55N. The van der Waals surface area contributed by atoms with Crippen molar-refractivity contribution in [3.8, 4) is 0 Å². The topological polar surface area (TPSA) is 3.24 Å². The standard InChI is InChI=1S/C28H55N/c1-3-4-5-6-7-8-9-10-11-12-13-14-15-16-17-18-19-20-21-22-25-29-26-23-24-28(2)27-29/h27H,3-26H2,1-2H3. The molecule has 0 radical (unpaired) electrons. The molecule has 0 spiro atoms. The van der Waals surface area contributed by atoms with E-state index in [0.717, 1.165) is 0 Å². The molecule has 0 aromatic carbocycles. The first-order chi connectivity index (χ1) is 14.3. The molecule has 0 aliphatic carbocycles. The van der Waals surface area contributed by atoms with Gasteiger partial charge in [0.1, 0.15) is 0 Å². The Morgan fingerprint density at radius 3 is 1.34 bits per heavy atom. The van der Waals surface area contributed by atoms with Crippen LogP contribution in [0.15, 0.2) is 11.8 Å². The first kappa shape index (κ1) is 26.6. The lowest BCUT2D eigenvalue weighted by Gasteiger charge is -2.25. The average molecular weight is 406 g/mol. The quantitative estimate of drug-likeness (QED) is 0.172. The minimum Gasteiger partial charge on any atom is -0.377 e. The lowest BCUT2D eigenvalue weighted by Crippen LogP contribution is -2.23. The molecule has 0 saturated carbocycles. The fourth-order valence-electron chi connectivity index (χ4n) is 4.75. The monoisotopic (exact) mass is 405 g/mol. The van der Waals surface area contributed by atoms with Gasteiger partial charge in [-0.25, -0.2) is 0 Å². The summed E-state index contributed by atoms with van der Waals surface area (Å²) in [6.07, 6.45) is 34.4. The second-order valence-electron chi connectivity index (χ2n) is 9.83. The molecule has 1 nitrogen and oxygen atoms in total. The third-order valence-corrected chi connectivity index (χ3v) is 6.72. The summed E-state index contributed by atoms with van der Waals surface area (Å²) in [5.74, 6) is 0. The van der Waals surface area contributed by atoms with Gasteiger partial charge < -0.3 is 4.90 Å². The van der Waals surface area contributed by atoms with Gasteiger partial charge >= 0.3 is 0 Å². The molecule has 1 aliphatic rings. The Bertz CT molecular complexity index is 359. The van der Waals surface area contributed by atoms with Crippen LogP contribution >= 0.6 is 0 Å². The predicted molar refractivity (Wildman–Crippen MR) is 133 cm³/mol. The van der Waals surface area contributed by atoms with E-state index in [4.69, 9.17) is 0 Å². The summed E-state index contributed by atoms with van der Waals surface area (Å²) in [6.45, 7) is 7.16. The zero-order valence-electron chi connectivity index (χ0n) is 20.5. The van der Waals surface area contributed by atoms with Crippen molar-refractivity contribution in [1.29, 1.82) is 0 Å². The minimum atomic E-state index is 1.29. The Kier molecular flexibility index (Phi) is 19.1. The Balaban J connectivity index is 1.68. The van der Waals surface area contributed by atoms with E-state index < -0.39 is 0 Å². The molecule has 1 rings (SSSR count). The van der Waals surface area contributed by atoms with Gasteiger partial charge in [-0.3, -0.25) is 0 Å². The van der Waals surface area contributed by atoms with Gasteiger partial charge in [0.25, 0.3) is 0 Å². The third-order valence-electron chi connectivity index (χ3n) is 6.72. The van der Waals surface area contributed by atoms with Gasteiger partial charge in [0, 0.05) is 13.1 Å². The summed E-state index contributed by atoms with van der Waals surface area (Å²) in [5.41, 5.74) is 1.57. The van der Waals surface area contributed by atoms with Crippen molar-refractivity contribution in [2.45, 2.75) is 155 Å². The molecule has 0 bridgehead atoms. The first-order valence-electron chi connectivity index (χ1n) is 13.7. The van der Waals surface area contributed by atoms with Gasteiger partial charge in [0.05, 0.1) is 0 Å². The zero-order chi connectivity index (χ0) is 20.8. The van der Waals surface area contributed by atoms with Gasteiger partial charge in [-0.05, 0) is 32.4 Å². The first-order valence-corrected chi connectivity index (χ1v) is 13.7. The lowest BCUT2D eigenvalue weighted by molar-refractivity contribution is 0.337. The van der Waals surface area contributed by atoms with Gasteiger partial charge in [0.2, 0.25) is 0 Å². The molecule has 172 valence electrons. The van der Waals surface area contributed by atoms with Crippen molar-refractivity contribution in [3.63, 3.8) is 0 Å². The summed E-state index contributed by atoms with van der Waals surface area (Å²) in [4.78, 5) is 2.55. The molecule has 1 heteroatoms. The van der Waals surface area contributed by atoms with Crippen molar-refractivity contribution in [2.75, 3.05) is 13.1 Å². The summed E-state index contributed by atoms with van der Waals surface area (Å²) in [6, 6.07) is 0. The molecule has 0 amide bonds.